The Hall–Kier alpha value is -1.82. The van der Waals surface area contributed by atoms with E-state index in [1.54, 1.807) is 0 Å². The molecule has 0 bridgehead atoms. The first-order valence-corrected chi connectivity index (χ1v) is 7.43. The van der Waals surface area contributed by atoms with Crippen LogP contribution in [0.2, 0.25) is 0 Å². The second kappa shape index (κ2) is 7.26. The SMILES string of the molecule is CC1CCCCN1CCCNC(=O)c1ccc(C(=O)O)o1. The Bertz CT molecular complexity index is 498. The van der Waals surface area contributed by atoms with Gasteiger partial charge in [0.25, 0.3) is 5.91 Å². The highest BCUT2D eigenvalue weighted by Crippen LogP contribution is 2.16. The minimum absolute atomic E-state index is 0.0405. The van der Waals surface area contributed by atoms with Crippen LogP contribution < -0.4 is 5.32 Å². The summed E-state index contributed by atoms with van der Waals surface area (Å²) >= 11 is 0. The number of nitrogens with one attached hydrogen (secondary N) is 1. The third kappa shape index (κ3) is 4.32. The van der Waals surface area contributed by atoms with E-state index in [2.05, 4.69) is 17.1 Å². The molecule has 1 fully saturated rings. The van der Waals surface area contributed by atoms with Crippen LogP contribution in [0.25, 0.3) is 0 Å². The highest BCUT2D eigenvalue weighted by Gasteiger charge is 2.18. The number of furan rings is 1. The number of hydrogen-bond acceptors (Lipinski definition) is 4. The summed E-state index contributed by atoms with van der Waals surface area (Å²) in [7, 11) is 0. The lowest BCUT2D eigenvalue weighted by atomic mass is 10.0. The van der Waals surface area contributed by atoms with Crippen LogP contribution in [-0.2, 0) is 0 Å². The Balaban J connectivity index is 1.70. The number of nitrogens with zero attached hydrogens (tertiary/aromatic N) is 1. The zero-order valence-electron chi connectivity index (χ0n) is 12.3. The van der Waals surface area contributed by atoms with Crippen molar-refractivity contribution in [3.05, 3.63) is 23.7 Å². The monoisotopic (exact) mass is 294 g/mol. The molecule has 1 atom stereocenters. The summed E-state index contributed by atoms with van der Waals surface area (Å²) in [5, 5.41) is 11.5. The van der Waals surface area contributed by atoms with Crippen LogP contribution >= 0.6 is 0 Å². The van der Waals surface area contributed by atoms with E-state index in [-0.39, 0.29) is 17.4 Å². The summed E-state index contributed by atoms with van der Waals surface area (Å²) in [6, 6.07) is 3.29. The van der Waals surface area contributed by atoms with Crippen LogP contribution in [0.4, 0.5) is 0 Å². The Morgan fingerprint density at radius 2 is 2.14 bits per heavy atom. The lowest BCUT2D eigenvalue weighted by molar-refractivity contribution is 0.0659. The van der Waals surface area contributed by atoms with Gasteiger partial charge in [0.2, 0.25) is 5.76 Å². The molecule has 21 heavy (non-hydrogen) atoms. The number of carboxylic acids is 1. The van der Waals surface area contributed by atoms with E-state index in [0.29, 0.717) is 12.6 Å². The van der Waals surface area contributed by atoms with Gasteiger partial charge in [0.15, 0.2) is 5.76 Å². The van der Waals surface area contributed by atoms with Gasteiger partial charge < -0.3 is 19.7 Å². The second-order valence-corrected chi connectivity index (χ2v) is 5.46. The summed E-state index contributed by atoms with van der Waals surface area (Å²) in [4.78, 5) is 24.9. The van der Waals surface area contributed by atoms with Crippen molar-refractivity contribution < 1.29 is 19.1 Å². The number of carboxylic acid groups (broad SMARTS) is 1. The molecule has 6 heteroatoms. The molecule has 0 aromatic carbocycles. The van der Waals surface area contributed by atoms with Crippen LogP contribution in [0.1, 0.15) is 53.7 Å². The molecule has 0 spiro atoms. The molecule has 1 aromatic heterocycles. The number of hydrogen-bond donors (Lipinski definition) is 2. The van der Waals surface area contributed by atoms with E-state index in [4.69, 9.17) is 9.52 Å². The van der Waals surface area contributed by atoms with E-state index in [9.17, 15) is 9.59 Å². The lowest BCUT2D eigenvalue weighted by Gasteiger charge is -2.33. The average Bonchev–Trinajstić information content (AvgIpc) is 2.95. The number of carbonyl (C=O) groups is 2. The molecule has 6 nitrogen and oxygen atoms in total. The molecule has 0 saturated carbocycles. The normalized spacial score (nSPS) is 19.4. The van der Waals surface area contributed by atoms with E-state index in [0.717, 1.165) is 19.5 Å². The first-order valence-electron chi connectivity index (χ1n) is 7.43. The Morgan fingerprint density at radius 1 is 1.38 bits per heavy atom. The maximum absolute atomic E-state index is 11.8. The molecule has 1 amide bonds. The largest absolute Gasteiger partial charge is 0.475 e. The highest BCUT2D eigenvalue weighted by atomic mass is 16.4. The molecule has 2 heterocycles. The number of carbonyl (C=O) groups excluding carboxylic acids is 1. The van der Waals surface area contributed by atoms with Crippen molar-refractivity contribution >= 4 is 11.9 Å². The zero-order valence-corrected chi connectivity index (χ0v) is 12.3. The van der Waals surface area contributed by atoms with E-state index in [1.807, 2.05) is 0 Å². The first kappa shape index (κ1) is 15.6. The van der Waals surface area contributed by atoms with Gasteiger partial charge in [-0.1, -0.05) is 6.42 Å². The van der Waals surface area contributed by atoms with Crippen LogP contribution in [-0.4, -0.2) is 47.6 Å². The maximum Gasteiger partial charge on any atom is 0.371 e. The van der Waals surface area contributed by atoms with E-state index >= 15 is 0 Å². The molecular weight excluding hydrogens is 272 g/mol. The predicted octanol–water partition coefficient (Wildman–Crippen LogP) is 1.97. The molecule has 1 aromatic rings. The van der Waals surface area contributed by atoms with Gasteiger partial charge in [-0.15, -0.1) is 0 Å². The summed E-state index contributed by atoms with van der Waals surface area (Å²) in [6.45, 7) is 4.91. The maximum atomic E-state index is 11.8. The summed E-state index contributed by atoms with van der Waals surface area (Å²) in [6.07, 6.45) is 4.68. The van der Waals surface area contributed by atoms with E-state index in [1.165, 1.54) is 31.4 Å². The Kier molecular flexibility index (Phi) is 5.38. The van der Waals surface area contributed by atoms with Gasteiger partial charge in [0.05, 0.1) is 0 Å². The minimum Gasteiger partial charge on any atom is -0.475 e. The Labute approximate surface area is 124 Å². The molecule has 2 rings (SSSR count). The van der Waals surface area contributed by atoms with Crippen LogP contribution in [0, 0.1) is 0 Å². The molecular formula is C15H22N2O4. The van der Waals surface area contributed by atoms with Crippen molar-refractivity contribution in [2.75, 3.05) is 19.6 Å². The molecule has 116 valence electrons. The van der Waals surface area contributed by atoms with Gasteiger partial charge >= 0.3 is 5.97 Å². The van der Waals surface area contributed by atoms with Gasteiger partial charge in [-0.2, -0.15) is 0 Å². The highest BCUT2D eigenvalue weighted by molar-refractivity contribution is 5.93. The molecule has 0 radical (unpaired) electrons. The molecule has 0 aliphatic carbocycles. The molecule has 2 N–H and O–H groups in total. The van der Waals surface area contributed by atoms with Crippen molar-refractivity contribution in [1.82, 2.24) is 10.2 Å². The number of amides is 1. The number of aromatic carboxylic acids is 1. The molecule has 1 saturated heterocycles. The fourth-order valence-corrected chi connectivity index (χ4v) is 2.64. The average molecular weight is 294 g/mol. The van der Waals surface area contributed by atoms with Gasteiger partial charge in [-0.05, 0) is 44.9 Å². The van der Waals surface area contributed by atoms with Crippen molar-refractivity contribution in [1.29, 1.82) is 0 Å². The number of rotatable bonds is 6. The van der Waals surface area contributed by atoms with E-state index < -0.39 is 5.97 Å². The zero-order chi connectivity index (χ0) is 15.2. The van der Waals surface area contributed by atoms with Gasteiger partial charge in [-0.3, -0.25) is 4.79 Å². The molecule has 1 aliphatic heterocycles. The van der Waals surface area contributed by atoms with Gasteiger partial charge in [-0.25, -0.2) is 4.79 Å². The molecule has 1 aliphatic rings. The van der Waals surface area contributed by atoms with Crippen LogP contribution in [0.3, 0.4) is 0 Å². The second-order valence-electron chi connectivity index (χ2n) is 5.46. The third-order valence-electron chi connectivity index (χ3n) is 3.89. The first-order chi connectivity index (χ1) is 10.1. The predicted molar refractivity (Wildman–Crippen MR) is 77.5 cm³/mol. The van der Waals surface area contributed by atoms with Gasteiger partial charge in [0.1, 0.15) is 0 Å². The fraction of sp³-hybridized carbons (Fsp3) is 0.600. The van der Waals surface area contributed by atoms with Crippen molar-refractivity contribution in [3.8, 4) is 0 Å². The summed E-state index contributed by atoms with van der Waals surface area (Å²) in [5.74, 6) is -1.72. The number of piperidine rings is 1. The quantitative estimate of drug-likeness (QED) is 0.784. The summed E-state index contributed by atoms with van der Waals surface area (Å²) < 4.78 is 4.95. The van der Waals surface area contributed by atoms with Crippen molar-refractivity contribution in [2.24, 2.45) is 0 Å². The third-order valence-corrected chi connectivity index (χ3v) is 3.89. The van der Waals surface area contributed by atoms with Gasteiger partial charge in [0, 0.05) is 19.1 Å². The lowest BCUT2D eigenvalue weighted by Crippen LogP contribution is -2.39. The topological polar surface area (TPSA) is 82.8 Å². The van der Waals surface area contributed by atoms with Crippen molar-refractivity contribution in [2.45, 2.75) is 38.6 Å². The van der Waals surface area contributed by atoms with Crippen molar-refractivity contribution in [3.63, 3.8) is 0 Å². The van der Waals surface area contributed by atoms with Crippen LogP contribution in [0.5, 0.6) is 0 Å². The summed E-state index contributed by atoms with van der Waals surface area (Å²) in [5.41, 5.74) is 0. The standard InChI is InChI=1S/C15H22N2O4/c1-11-5-2-3-9-17(11)10-4-8-16-14(18)12-6-7-13(21-12)15(19)20/h6-7,11H,2-5,8-10H2,1H3,(H,16,18)(H,19,20). The number of likely N-dealkylation sites (tertiary alicyclic amines) is 1. The molecule has 1 unspecified atom stereocenters. The van der Waals surface area contributed by atoms with Crippen LogP contribution in [0.15, 0.2) is 16.5 Å². The Morgan fingerprint density at radius 3 is 2.81 bits per heavy atom. The smallest absolute Gasteiger partial charge is 0.371 e. The fourth-order valence-electron chi connectivity index (χ4n) is 2.64. The minimum atomic E-state index is -1.17.